The summed E-state index contributed by atoms with van der Waals surface area (Å²) in [6, 6.07) is 0.865. The van der Waals surface area contributed by atoms with Gasteiger partial charge in [0.05, 0.1) is 13.2 Å². The maximum atomic E-state index is 11.4. The fraction of sp³-hybridized carbons (Fsp3) is 0.929. The molecule has 0 bridgehead atoms. The molecule has 2 atom stereocenters. The van der Waals surface area contributed by atoms with Crippen molar-refractivity contribution in [2.24, 2.45) is 0 Å². The van der Waals surface area contributed by atoms with Crippen LogP contribution in [0.4, 0.5) is 0 Å². The van der Waals surface area contributed by atoms with Gasteiger partial charge < -0.3 is 9.84 Å². The van der Waals surface area contributed by atoms with Crippen molar-refractivity contribution in [2.45, 2.75) is 57.2 Å². The molecular weight excluding hydrogens is 244 g/mol. The van der Waals surface area contributed by atoms with Crippen LogP contribution >= 0.6 is 0 Å². The minimum atomic E-state index is -0.767. The fourth-order valence-corrected chi connectivity index (χ4v) is 2.65. The summed E-state index contributed by atoms with van der Waals surface area (Å²) in [6.07, 6.45) is 3.82. The number of carboxylic acids is 1. The summed E-state index contributed by atoms with van der Waals surface area (Å²) < 4.78 is 5.41. The topological polar surface area (TPSA) is 61.8 Å². The molecule has 2 fully saturated rings. The Kier molecular flexibility index (Phi) is 4.81. The van der Waals surface area contributed by atoms with E-state index < -0.39 is 11.5 Å². The highest BCUT2D eigenvalue weighted by Crippen LogP contribution is 2.25. The predicted octanol–water partition coefficient (Wildman–Crippen LogP) is 1.08. The number of carbonyl (C=O) groups is 1. The lowest BCUT2D eigenvalue weighted by Gasteiger charge is -2.34. The fourth-order valence-electron chi connectivity index (χ4n) is 2.65. The maximum Gasteiger partial charge on any atom is 0.323 e. The smallest absolute Gasteiger partial charge is 0.323 e. The van der Waals surface area contributed by atoms with Crippen LogP contribution in [0.1, 0.15) is 39.5 Å². The lowest BCUT2D eigenvalue weighted by atomic mass is 9.95. The van der Waals surface area contributed by atoms with Gasteiger partial charge in [-0.05, 0) is 46.1 Å². The molecule has 2 unspecified atom stereocenters. The molecule has 2 aliphatic rings. The summed E-state index contributed by atoms with van der Waals surface area (Å²) in [5, 5.41) is 12.7. The second-order valence-corrected chi connectivity index (χ2v) is 6.12. The molecule has 19 heavy (non-hydrogen) atoms. The number of ether oxygens (including phenoxy) is 1. The van der Waals surface area contributed by atoms with Gasteiger partial charge in [-0.15, -0.1) is 0 Å². The average Bonchev–Trinajstić information content (AvgIpc) is 3.15. The summed E-state index contributed by atoms with van der Waals surface area (Å²) >= 11 is 0. The Morgan fingerprint density at radius 2 is 2.26 bits per heavy atom. The molecule has 0 amide bonds. The van der Waals surface area contributed by atoms with Crippen molar-refractivity contribution in [1.82, 2.24) is 10.2 Å². The third kappa shape index (κ3) is 4.16. The molecule has 0 aromatic rings. The second-order valence-electron chi connectivity index (χ2n) is 6.12. The quantitative estimate of drug-likeness (QED) is 0.725. The van der Waals surface area contributed by atoms with E-state index in [1.54, 1.807) is 0 Å². The molecule has 1 saturated heterocycles. The largest absolute Gasteiger partial charge is 0.480 e. The molecule has 110 valence electrons. The summed E-state index contributed by atoms with van der Waals surface area (Å²) in [5.74, 6) is -0.727. The molecule has 2 rings (SSSR count). The van der Waals surface area contributed by atoms with Gasteiger partial charge in [-0.25, -0.2) is 0 Å². The minimum Gasteiger partial charge on any atom is -0.480 e. The van der Waals surface area contributed by atoms with Gasteiger partial charge in [0.1, 0.15) is 5.54 Å². The van der Waals surface area contributed by atoms with Crippen LogP contribution < -0.4 is 5.32 Å². The van der Waals surface area contributed by atoms with Crippen molar-refractivity contribution < 1.29 is 14.6 Å². The Bertz CT molecular complexity index is 320. The van der Waals surface area contributed by atoms with Crippen molar-refractivity contribution in [3.05, 3.63) is 0 Å². The zero-order valence-electron chi connectivity index (χ0n) is 12.0. The Morgan fingerprint density at radius 1 is 1.53 bits per heavy atom. The van der Waals surface area contributed by atoms with E-state index in [-0.39, 0.29) is 0 Å². The Labute approximate surface area is 115 Å². The van der Waals surface area contributed by atoms with E-state index in [1.807, 2.05) is 6.92 Å². The molecule has 1 heterocycles. The first-order valence-corrected chi connectivity index (χ1v) is 7.34. The van der Waals surface area contributed by atoms with Crippen LogP contribution in [0.5, 0.6) is 0 Å². The van der Waals surface area contributed by atoms with Crippen molar-refractivity contribution in [3.63, 3.8) is 0 Å². The highest BCUT2D eigenvalue weighted by Gasteiger charge is 2.38. The molecule has 2 N–H and O–H groups in total. The Balaban J connectivity index is 1.76. The zero-order chi connectivity index (χ0) is 13.9. The molecule has 0 aromatic heterocycles. The average molecular weight is 270 g/mol. The first-order chi connectivity index (χ1) is 9.01. The van der Waals surface area contributed by atoms with Gasteiger partial charge in [0.2, 0.25) is 0 Å². The van der Waals surface area contributed by atoms with Crippen LogP contribution in [0.2, 0.25) is 0 Å². The molecule has 0 radical (unpaired) electrons. The number of aliphatic carboxylic acids is 1. The van der Waals surface area contributed by atoms with Crippen molar-refractivity contribution in [1.29, 1.82) is 0 Å². The van der Waals surface area contributed by atoms with Gasteiger partial charge in [0.15, 0.2) is 0 Å². The van der Waals surface area contributed by atoms with Gasteiger partial charge in [-0.3, -0.25) is 15.0 Å². The predicted molar refractivity (Wildman–Crippen MR) is 73.3 cm³/mol. The van der Waals surface area contributed by atoms with E-state index in [0.29, 0.717) is 18.5 Å². The van der Waals surface area contributed by atoms with Crippen molar-refractivity contribution in [2.75, 3.05) is 26.3 Å². The molecule has 5 nitrogen and oxygen atoms in total. The van der Waals surface area contributed by atoms with Crippen LogP contribution in [-0.4, -0.2) is 59.9 Å². The van der Waals surface area contributed by atoms with E-state index in [1.165, 1.54) is 0 Å². The van der Waals surface area contributed by atoms with Gasteiger partial charge in [0.25, 0.3) is 0 Å². The van der Waals surface area contributed by atoms with Crippen molar-refractivity contribution >= 4 is 5.97 Å². The SMILES string of the molecule is CC1COCCN1CCCC(C)(NC1CC1)C(=O)O. The lowest BCUT2D eigenvalue weighted by Crippen LogP contribution is -2.51. The maximum absolute atomic E-state index is 11.4. The van der Waals surface area contributed by atoms with Crippen LogP contribution in [0.25, 0.3) is 0 Å². The van der Waals surface area contributed by atoms with Gasteiger partial charge >= 0.3 is 5.97 Å². The molecule has 0 spiro atoms. The van der Waals surface area contributed by atoms with E-state index >= 15 is 0 Å². The standard InChI is InChI=1S/C14H26N2O3/c1-11-10-19-9-8-16(11)7-3-6-14(2,13(17)18)15-12-4-5-12/h11-12,15H,3-10H2,1-2H3,(H,17,18). The summed E-state index contributed by atoms with van der Waals surface area (Å²) in [7, 11) is 0. The highest BCUT2D eigenvalue weighted by atomic mass is 16.5. The van der Waals surface area contributed by atoms with Gasteiger partial charge in [-0.2, -0.15) is 0 Å². The number of nitrogens with zero attached hydrogens (tertiary/aromatic N) is 1. The molecular formula is C14H26N2O3. The monoisotopic (exact) mass is 270 g/mol. The third-order valence-corrected chi connectivity index (χ3v) is 4.20. The first-order valence-electron chi connectivity index (χ1n) is 7.34. The summed E-state index contributed by atoms with van der Waals surface area (Å²) in [4.78, 5) is 13.8. The first kappa shape index (κ1) is 14.8. The number of rotatable bonds is 7. The van der Waals surface area contributed by atoms with Crippen LogP contribution in [0, 0.1) is 0 Å². The van der Waals surface area contributed by atoms with Crippen LogP contribution in [-0.2, 0) is 9.53 Å². The van der Waals surface area contributed by atoms with E-state index in [2.05, 4.69) is 17.1 Å². The van der Waals surface area contributed by atoms with Crippen LogP contribution in [0.15, 0.2) is 0 Å². The number of morpholine rings is 1. The van der Waals surface area contributed by atoms with Gasteiger partial charge in [-0.1, -0.05) is 0 Å². The van der Waals surface area contributed by atoms with Crippen LogP contribution in [0.3, 0.4) is 0 Å². The summed E-state index contributed by atoms with van der Waals surface area (Å²) in [5.41, 5.74) is -0.767. The second kappa shape index (κ2) is 6.20. The zero-order valence-corrected chi connectivity index (χ0v) is 12.0. The summed E-state index contributed by atoms with van der Waals surface area (Å²) in [6.45, 7) is 7.48. The lowest BCUT2D eigenvalue weighted by molar-refractivity contribution is -0.144. The highest BCUT2D eigenvalue weighted by molar-refractivity contribution is 5.78. The van der Waals surface area contributed by atoms with Crippen molar-refractivity contribution in [3.8, 4) is 0 Å². The number of carboxylic acid groups (broad SMARTS) is 1. The molecule has 0 aromatic carbocycles. The van der Waals surface area contributed by atoms with E-state index in [0.717, 1.165) is 45.6 Å². The third-order valence-electron chi connectivity index (χ3n) is 4.20. The normalized spacial score (nSPS) is 28.0. The Morgan fingerprint density at radius 3 is 2.84 bits per heavy atom. The molecule has 1 aliphatic heterocycles. The number of hydrogen-bond donors (Lipinski definition) is 2. The van der Waals surface area contributed by atoms with Gasteiger partial charge in [0, 0.05) is 18.6 Å². The Hall–Kier alpha value is -0.650. The minimum absolute atomic E-state index is 0.420. The number of hydrogen-bond acceptors (Lipinski definition) is 4. The molecule has 1 saturated carbocycles. The van der Waals surface area contributed by atoms with E-state index in [4.69, 9.17) is 4.74 Å². The van der Waals surface area contributed by atoms with E-state index in [9.17, 15) is 9.90 Å². The molecule has 1 aliphatic carbocycles. The number of nitrogens with one attached hydrogen (secondary N) is 1. The molecule has 5 heteroatoms.